The summed E-state index contributed by atoms with van der Waals surface area (Å²) in [6.07, 6.45) is 0. The van der Waals surface area contributed by atoms with Crippen LogP contribution in [0.25, 0.3) is 0 Å². The molecule has 2 aromatic carbocycles. The van der Waals surface area contributed by atoms with Gasteiger partial charge in [0.2, 0.25) is 0 Å². The Morgan fingerprint density at radius 1 is 1.00 bits per heavy atom. The SMILES string of the molecule is COc1ccc(N(N)C(=O)c2ccccc2)cc1OC. The number of amides is 1. The number of benzene rings is 2. The number of ether oxygens (including phenoxy) is 2. The highest BCUT2D eigenvalue weighted by molar-refractivity contribution is 6.05. The summed E-state index contributed by atoms with van der Waals surface area (Å²) in [5.41, 5.74) is 1.04. The van der Waals surface area contributed by atoms with Crippen LogP contribution < -0.4 is 20.3 Å². The first-order valence-corrected chi connectivity index (χ1v) is 6.03. The predicted octanol–water partition coefficient (Wildman–Crippen LogP) is 2.22. The summed E-state index contributed by atoms with van der Waals surface area (Å²) in [5.74, 6) is 6.67. The second-order valence-corrected chi connectivity index (χ2v) is 4.08. The van der Waals surface area contributed by atoms with E-state index < -0.39 is 0 Å². The zero-order valence-electron chi connectivity index (χ0n) is 11.4. The normalized spacial score (nSPS) is 9.95. The van der Waals surface area contributed by atoms with Crippen LogP contribution in [0.3, 0.4) is 0 Å². The summed E-state index contributed by atoms with van der Waals surface area (Å²) in [4.78, 5) is 12.2. The smallest absolute Gasteiger partial charge is 0.272 e. The fourth-order valence-corrected chi connectivity index (χ4v) is 1.81. The van der Waals surface area contributed by atoms with Crippen molar-refractivity contribution in [3.8, 4) is 11.5 Å². The number of hydrogen-bond acceptors (Lipinski definition) is 4. The minimum atomic E-state index is -0.294. The van der Waals surface area contributed by atoms with Gasteiger partial charge in [-0.3, -0.25) is 4.79 Å². The Morgan fingerprint density at radius 3 is 2.25 bits per heavy atom. The van der Waals surface area contributed by atoms with Gasteiger partial charge in [-0.2, -0.15) is 0 Å². The van der Waals surface area contributed by atoms with Gasteiger partial charge < -0.3 is 9.47 Å². The summed E-state index contributed by atoms with van der Waals surface area (Å²) in [6, 6.07) is 13.9. The number of rotatable bonds is 4. The van der Waals surface area contributed by atoms with Crippen LogP contribution >= 0.6 is 0 Å². The quantitative estimate of drug-likeness (QED) is 0.526. The van der Waals surface area contributed by atoms with E-state index in [0.29, 0.717) is 22.7 Å². The molecule has 5 heteroatoms. The molecule has 0 fully saturated rings. The number of nitrogens with zero attached hydrogens (tertiary/aromatic N) is 1. The van der Waals surface area contributed by atoms with Crippen molar-refractivity contribution in [2.24, 2.45) is 5.84 Å². The van der Waals surface area contributed by atoms with Crippen molar-refractivity contribution in [1.29, 1.82) is 0 Å². The number of hydrazine groups is 1. The second kappa shape index (κ2) is 6.08. The van der Waals surface area contributed by atoms with Crippen LogP contribution in [-0.4, -0.2) is 20.1 Å². The molecule has 0 radical (unpaired) electrons. The molecule has 0 heterocycles. The van der Waals surface area contributed by atoms with Gasteiger partial charge in [-0.1, -0.05) is 18.2 Å². The first kappa shape index (κ1) is 13.9. The summed E-state index contributed by atoms with van der Waals surface area (Å²) in [6.45, 7) is 0. The number of carbonyl (C=O) groups is 1. The first-order chi connectivity index (χ1) is 9.67. The Balaban J connectivity index is 2.29. The molecular formula is C15H16N2O3. The lowest BCUT2D eigenvalue weighted by Gasteiger charge is -2.18. The highest BCUT2D eigenvalue weighted by Gasteiger charge is 2.15. The van der Waals surface area contributed by atoms with E-state index in [2.05, 4.69) is 0 Å². The zero-order valence-corrected chi connectivity index (χ0v) is 11.4. The average Bonchev–Trinajstić information content (AvgIpc) is 2.53. The molecule has 20 heavy (non-hydrogen) atoms. The Morgan fingerprint density at radius 2 is 1.65 bits per heavy atom. The lowest BCUT2D eigenvalue weighted by atomic mass is 10.2. The van der Waals surface area contributed by atoms with Crippen molar-refractivity contribution in [2.45, 2.75) is 0 Å². The van der Waals surface area contributed by atoms with Gasteiger partial charge >= 0.3 is 0 Å². The van der Waals surface area contributed by atoms with Crippen LogP contribution in [0.1, 0.15) is 10.4 Å². The minimum absolute atomic E-state index is 0.294. The first-order valence-electron chi connectivity index (χ1n) is 6.03. The van der Waals surface area contributed by atoms with Gasteiger partial charge in [0.25, 0.3) is 5.91 Å². The molecule has 2 aromatic rings. The largest absolute Gasteiger partial charge is 0.493 e. The summed E-state index contributed by atoms with van der Waals surface area (Å²) in [7, 11) is 3.08. The average molecular weight is 272 g/mol. The minimum Gasteiger partial charge on any atom is -0.493 e. The van der Waals surface area contributed by atoms with Gasteiger partial charge in [-0.15, -0.1) is 0 Å². The van der Waals surface area contributed by atoms with E-state index in [1.165, 1.54) is 7.11 Å². The standard InChI is InChI=1S/C15H16N2O3/c1-19-13-9-8-12(10-14(13)20-2)17(16)15(18)11-6-4-3-5-7-11/h3-10H,16H2,1-2H3. The molecule has 2 rings (SSSR count). The number of anilines is 1. The van der Waals surface area contributed by atoms with E-state index >= 15 is 0 Å². The molecule has 1 amide bonds. The molecule has 2 N–H and O–H groups in total. The topological polar surface area (TPSA) is 64.8 Å². The zero-order chi connectivity index (χ0) is 14.5. The number of carbonyl (C=O) groups excluding carboxylic acids is 1. The van der Waals surface area contributed by atoms with Crippen LogP contribution in [0.2, 0.25) is 0 Å². The molecule has 0 saturated carbocycles. The van der Waals surface area contributed by atoms with Crippen molar-refractivity contribution >= 4 is 11.6 Å². The van der Waals surface area contributed by atoms with Gasteiger partial charge in [0.15, 0.2) is 11.5 Å². The number of methoxy groups -OCH3 is 2. The third-order valence-electron chi connectivity index (χ3n) is 2.88. The fraction of sp³-hybridized carbons (Fsp3) is 0.133. The summed E-state index contributed by atoms with van der Waals surface area (Å²) >= 11 is 0. The van der Waals surface area contributed by atoms with Crippen molar-refractivity contribution in [2.75, 3.05) is 19.2 Å². The van der Waals surface area contributed by atoms with Crippen molar-refractivity contribution in [3.63, 3.8) is 0 Å². The molecule has 0 spiro atoms. The van der Waals surface area contributed by atoms with Gasteiger partial charge in [0.05, 0.1) is 19.9 Å². The molecule has 104 valence electrons. The molecule has 0 saturated heterocycles. The molecule has 0 unspecified atom stereocenters. The number of nitrogens with two attached hydrogens (primary N) is 1. The van der Waals surface area contributed by atoms with Gasteiger partial charge in [-0.25, -0.2) is 10.9 Å². The van der Waals surface area contributed by atoms with E-state index in [1.807, 2.05) is 6.07 Å². The molecular weight excluding hydrogens is 256 g/mol. The van der Waals surface area contributed by atoms with Crippen LogP contribution in [0.15, 0.2) is 48.5 Å². The lowest BCUT2D eigenvalue weighted by Crippen LogP contribution is -2.37. The Labute approximate surface area is 117 Å². The van der Waals surface area contributed by atoms with Gasteiger partial charge in [-0.05, 0) is 24.3 Å². The van der Waals surface area contributed by atoms with Crippen molar-refractivity contribution in [3.05, 3.63) is 54.1 Å². The van der Waals surface area contributed by atoms with Gasteiger partial charge in [0, 0.05) is 11.6 Å². The maximum atomic E-state index is 12.2. The molecule has 0 aliphatic heterocycles. The monoisotopic (exact) mass is 272 g/mol. The molecule has 0 aliphatic carbocycles. The van der Waals surface area contributed by atoms with E-state index in [4.69, 9.17) is 15.3 Å². The Kier molecular flexibility index (Phi) is 4.22. The third-order valence-corrected chi connectivity index (χ3v) is 2.88. The maximum Gasteiger partial charge on any atom is 0.272 e. The Bertz CT molecular complexity index is 599. The van der Waals surface area contributed by atoms with E-state index in [0.717, 1.165) is 5.01 Å². The van der Waals surface area contributed by atoms with E-state index in [1.54, 1.807) is 49.6 Å². The van der Waals surface area contributed by atoms with E-state index in [9.17, 15) is 4.79 Å². The molecule has 0 aromatic heterocycles. The van der Waals surface area contributed by atoms with Crippen LogP contribution in [0, 0.1) is 0 Å². The van der Waals surface area contributed by atoms with Crippen LogP contribution in [0.5, 0.6) is 11.5 Å². The van der Waals surface area contributed by atoms with E-state index in [-0.39, 0.29) is 5.91 Å². The maximum absolute atomic E-state index is 12.2. The number of hydrogen-bond donors (Lipinski definition) is 1. The van der Waals surface area contributed by atoms with Crippen molar-refractivity contribution < 1.29 is 14.3 Å². The Hall–Kier alpha value is -2.53. The highest BCUT2D eigenvalue weighted by Crippen LogP contribution is 2.31. The summed E-state index contributed by atoms with van der Waals surface area (Å²) in [5, 5.41) is 1.08. The summed E-state index contributed by atoms with van der Waals surface area (Å²) < 4.78 is 10.3. The highest BCUT2D eigenvalue weighted by atomic mass is 16.5. The molecule has 5 nitrogen and oxygen atoms in total. The predicted molar refractivity (Wildman–Crippen MR) is 77.0 cm³/mol. The van der Waals surface area contributed by atoms with Gasteiger partial charge in [0.1, 0.15) is 0 Å². The van der Waals surface area contributed by atoms with Crippen LogP contribution in [-0.2, 0) is 0 Å². The lowest BCUT2D eigenvalue weighted by molar-refractivity contribution is 0.0987. The van der Waals surface area contributed by atoms with Crippen molar-refractivity contribution in [1.82, 2.24) is 0 Å². The van der Waals surface area contributed by atoms with Crippen LogP contribution in [0.4, 0.5) is 5.69 Å². The second-order valence-electron chi connectivity index (χ2n) is 4.08. The fourth-order valence-electron chi connectivity index (χ4n) is 1.81. The third kappa shape index (κ3) is 2.73. The molecule has 0 bridgehead atoms. The molecule has 0 aliphatic rings. The molecule has 0 atom stereocenters.